The van der Waals surface area contributed by atoms with Crippen LogP contribution in [0.15, 0.2) is 18.2 Å². The van der Waals surface area contributed by atoms with Gasteiger partial charge in [-0.1, -0.05) is 30.1 Å². The third-order valence-corrected chi connectivity index (χ3v) is 3.87. The molecule has 94 valence electrons. The smallest absolute Gasteiger partial charge is 0.0652 e. The standard InChI is InChI=1S/C13H18Cl2N2/c1-2-17-7-5-11(6-8-17)16-13-4-3-10(14)9-12(13)15/h3-4,9,11,16H,2,5-8H2,1H3. The van der Waals surface area contributed by atoms with Gasteiger partial charge >= 0.3 is 0 Å². The Morgan fingerprint density at radius 2 is 2.00 bits per heavy atom. The van der Waals surface area contributed by atoms with Crippen LogP contribution in [0, 0.1) is 0 Å². The molecule has 0 atom stereocenters. The van der Waals surface area contributed by atoms with E-state index in [1.807, 2.05) is 12.1 Å². The Morgan fingerprint density at radius 3 is 2.59 bits per heavy atom. The highest BCUT2D eigenvalue weighted by Gasteiger charge is 2.18. The van der Waals surface area contributed by atoms with Gasteiger partial charge in [0.05, 0.1) is 10.7 Å². The SMILES string of the molecule is CCN1CCC(Nc2ccc(Cl)cc2Cl)CC1. The lowest BCUT2D eigenvalue weighted by atomic mass is 10.0. The molecular formula is C13H18Cl2N2. The number of piperidine rings is 1. The summed E-state index contributed by atoms with van der Waals surface area (Å²) in [4.78, 5) is 2.47. The van der Waals surface area contributed by atoms with Crippen molar-refractivity contribution in [2.75, 3.05) is 25.0 Å². The number of anilines is 1. The molecule has 1 aliphatic heterocycles. The van der Waals surface area contributed by atoms with Gasteiger partial charge in [-0.2, -0.15) is 0 Å². The summed E-state index contributed by atoms with van der Waals surface area (Å²) in [5.41, 5.74) is 0.992. The van der Waals surface area contributed by atoms with Crippen molar-refractivity contribution in [3.05, 3.63) is 28.2 Å². The lowest BCUT2D eigenvalue weighted by Gasteiger charge is -2.32. The largest absolute Gasteiger partial charge is 0.381 e. The van der Waals surface area contributed by atoms with Crippen molar-refractivity contribution in [2.24, 2.45) is 0 Å². The first-order chi connectivity index (χ1) is 8.19. The van der Waals surface area contributed by atoms with E-state index < -0.39 is 0 Å². The molecule has 0 saturated carbocycles. The maximum absolute atomic E-state index is 6.15. The van der Waals surface area contributed by atoms with E-state index in [1.165, 1.54) is 25.9 Å². The van der Waals surface area contributed by atoms with Crippen molar-refractivity contribution in [1.29, 1.82) is 0 Å². The Kier molecular flexibility index (Phi) is 4.55. The molecule has 0 amide bonds. The predicted octanol–water partition coefficient (Wildman–Crippen LogP) is 3.89. The monoisotopic (exact) mass is 272 g/mol. The maximum Gasteiger partial charge on any atom is 0.0652 e. The molecule has 1 fully saturated rings. The fourth-order valence-electron chi connectivity index (χ4n) is 2.22. The van der Waals surface area contributed by atoms with Crippen molar-refractivity contribution >= 4 is 28.9 Å². The van der Waals surface area contributed by atoms with Gasteiger partial charge in [-0.3, -0.25) is 0 Å². The molecule has 1 aromatic rings. The molecule has 2 nitrogen and oxygen atoms in total. The average Bonchev–Trinajstić information content (AvgIpc) is 2.34. The van der Waals surface area contributed by atoms with Crippen molar-refractivity contribution in [3.63, 3.8) is 0 Å². The molecular weight excluding hydrogens is 255 g/mol. The van der Waals surface area contributed by atoms with Crippen LogP contribution in [-0.2, 0) is 0 Å². The summed E-state index contributed by atoms with van der Waals surface area (Å²) in [6, 6.07) is 6.14. The number of benzene rings is 1. The summed E-state index contributed by atoms with van der Waals surface area (Å²) in [5.74, 6) is 0. The number of hydrogen-bond acceptors (Lipinski definition) is 2. The second-order valence-electron chi connectivity index (χ2n) is 4.48. The Bertz CT molecular complexity index is 374. The van der Waals surface area contributed by atoms with Gasteiger partial charge in [0.2, 0.25) is 0 Å². The van der Waals surface area contributed by atoms with Gasteiger partial charge in [0.25, 0.3) is 0 Å². The van der Waals surface area contributed by atoms with Crippen LogP contribution in [-0.4, -0.2) is 30.6 Å². The zero-order chi connectivity index (χ0) is 12.3. The van der Waals surface area contributed by atoms with Gasteiger partial charge < -0.3 is 10.2 Å². The fraction of sp³-hybridized carbons (Fsp3) is 0.538. The third kappa shape index (κ3) is 3.51. The van der Waals surface area contributed by atoms with E-state index in [2.05, 4.69) is 17.1 Å². The molecule has 4 heteroatoms. The lowest BCUT2D eigenvalue weighted by Crippen LogP contribution is -2.38. The number of nitrogens with one attached hydrogen (secondary N) is 1. The van der Waals surface area contributed by atoms with E-state index in [0.717, 1.165) is 12.2 Å². The topological polar surface area (TPSA) is 15.3 Å². The summed E-state index contributed by atoms with van der Waals surface area (Å²) < 4.78 is 0. The van der Waals surface area contributed by atoms with E-state index >= 15 is 0 Å². The Balaban J connectivity index is 1.93. The predicted molar refractivity (Wildman–Crippen MR) is 75.2 cm³/mol. The Morgan fingerprint density at radius 1 is 1.29 bits per heavy atom. The van der Waals surface area contributed by atoms with Crippen molar-refractivity contribution in [2.45, 2.75) is 25.8 Å². The number of likely N-dealkylation sites (tertiary alicyclic amines) is 1. The Labute approximate surface area is 113 Å². The van der Waals surface area contributed by atoms with Crippen LogP contribution in [0.25, 0.3) is 0 Å². The van der Waals surface area contributed by atoms with Crippen molar-refractivity contribution in [1.82, 2.24) is 4.90 Å². The first-order valence-corrected chi connectivity index (χ1v) is 6.88. The summed E-state index contributed by atoms with van der Waals surface area (Å²) >= 11 is 12.0. The first-order valence-electron chi connectivity index (χ1n) is 6.13. The molecule has 0 aromatic heterocycles. The number of halogens is 2. The molecule has 0 unspecified atom stereocenters. The van der Waals surface area contributed by atoms with Gasteiger partial charge in [-0.15, -0.1) is 0 Å². The Hall–Kier alpha value is -0.440. The van der Waals surface area contributed by atoms with Gasteiger partial charge in [0, 0.05) is 24.2 Å². The zero-order valence-electron chi connectivity index (χ0n) is 10.0. The van der Waals surface area contributed by atoms with Crippen LogP contribution in [0.5, 0.6) is 0 Å². The molecule has 1 saturated heterocycles. The number of rotatable bonds is 3. The van der Waals surface area contributed by atoms with E-state index in [0.29, 0.717) is 16.1 Å². The van der Waals surface area contributed by atoms with Gasteiger partial charge in [-0.25, -0.2) is 0 Å². The summed E-state index contributed by atoms with van der Waals surface area (Å²) in [6.07, 6.45) is 2.35. The van der Waals surface area contributed by atoms with Crippen LogP contribution in [0.3, 0.4) is 0 Å². The third-order valence-electron chi connectivity index (χ3n) is 3.33. The van der Waals surface area contributed by atoms with Crippen LogP contribution in [0.2, 0.25) is 10.0 Å². The van der Waals surface area contributed by atoms with E-state index in [9.17, 15) is 0 Å². The molecule has 0 spiro atoms. The van der Waals surface area contributed by atoms with Gasteiger partial charge in [0.1, 0.15) is 0 Å². The molecule has 1 aliphatic rings. The van der Waals surface area contributed by atoms with Gasteiger partial charge in [0.15, 0.2) is 0 Å². The van der Waals surface area contributed by atoms with Gasteiger partial charge in [-0.05, 0) is 37.6 Å². The van der Waals surface area contributed by atoms with Crippen LogP contribution >= 0.6 is 23.2 Å². The van der Waals surface area contributed by atoms with Crippen LogP contribution < -0.4 is 5.32 Å². The molecule has 1 N–H and O–H groups in total. The van der Waals surface area contributed by atoms with E-state index in [1.54, 1.807) is 6.07 Å². The molecule has 2 rings (SSSR count). The van der Waals surface area contributed by atoms with Crippen LogP contribution in [0.1, 0.15) is 19.8 Å². The fourth-order valence-corrected chi connectivity index (χ4v) is 2.68. The van der Waals surface area contributed by atoms with Crippen molar-refractivity contribution in [3.8, 4) is 0 Å². The second-order valence-corrected chi connectivity index (χ2v) is 5.32. The van der Waals surface area contributed by atoms with Crippen molar-refractivity contribution < 1.29 is 0 Å². The summed E-state index contributed by atoms with van der Waals surface area (Å²) in [7, 11) is 0. The molecule has 0 aliphatic carbocycles. The molecule has 0 radical (unpaired) electrons. The molecule has 0 bridgehead atoms. The highest BCUT2D eigenvalue weighted by atomic mass is 35.5. The zero-order valence-corrected chi connectivity index (χ0v) is 11.6. The second kappa shape index (κ2) is 5.94. The number of hydrogen-bond donors (Lipinski definition) is 1. The van der Waals surface area contributed by atoms with E-state index in [-0.39, 0.29) is 0 Å². The first kappa shape index (κ1) is 13.0. The minimum Gasteiger partial charge on any atom is -0.381 e. The minimum atomic E-state index is 0.525. The normalized spacial score (nSPS) is 18.3. The maximum atomic E-state index is 6.15. The summed E-state index contributed by atoms with van der Waals surface area (Å²) in [6.45, 7) is 5.69. The molecule has 1 heterocycles. The highest BCUT2D eigenvalue weighted by molar-refractivity contribution is 6.36. The summed E-state index contributed by atoms with van der Waals surface area (Å²) in [5, 5.41) is 4.89. The quantitative estimate of drug-likeness (QED) is 0.898. The lowest BCUT2D eigenvalue weighted by molar-refractivity contribution is 0.229. The average molecular weight is 273 g/mol. The minimum absolute atomic E-state index is 0.525. The molecule has 17 heavy (non-hydrogen) atoms. The highest BCUT2D eigenvalue weighted by Crippen LogP contribution is 2.27. The van der Waals surface area contributed by atoms with Crippen LogP contribution in [0.4, 0.5) is 5.69 Å². The van der Waals surface area contributed by atoms with E-state index in [4.69, 9.17) is 23.2 Å². The number of nitrogens with zero attached hydrogens (tertiary/aromatic N) is 1. The molecule has 1 aromatic carbocycles.